The number of aryl methyl sites for hydroxylation is 1. The highest BCUT2D eigenvalue weighted by molar-refractivity contribution is 5.92. The van der Waals surface area contributed by atoms with E-state index in [1.54, 1.807) is 7.11 Å². The quantitative estimate of drug-likeness (QED) is 0.931. The van der Waals surface area contributed by atoms with Gasteiger partial charge in [0.15, 0.2) is 0 Å². The predicted octanol–water partition coefficient (Wildman–Crippen LogP) is 1.67. The van der Waals surface area contributed by atoms with Crippen molar-refractivity contribution in [3.63, 3.8) is 0 Å². The maximum Gasteiger partial charge on any atom is 0.121 e. The minimum absolute atomic E-state index is 0.233. The second kappa shape index (κ2) is 6.50. The van der Waals surface area contributed by atoms with Gasteiger partial charge in [-0.3, -0.25) is 9.88 Å². The molecule has 5 nitrogen and oxygen atoms in total. The van der Waals surface area contributed by atoms with Gasteiger partial charge in [-0.05, 0) is 25.1 Å². The number of aliphatic hydroxyl groups is 1. The number of benzene rings is 1. The lowest BCUT2D eigenvalue weighted by atomic mass is 10.1. The van der Waals surface area contributed by atoms with Crippen LogP contribution in [0.25, 0.3) is 10.9 Å². The van der Waals surface area contributed by atoms with Crippen LogP contribution >= 0.6 is 0 Å². The summed E-state index contributed by atoms with van der Waals surface area (Å²) in [6.45, 7) is 6.96. The maximum atomic E-state index is 9.05. The molecule has 1 aliphatic rings. The van der Waals surface area contributed by atoms with Gasteiger partial charge in [-0.25, -0.2) is 0 Å². The van der Waals surface area contributed by atoms with Crippen LogP contribution in [0.15, 0.2) is 24.3 Å². The summed E-state index contributed by atoms with van der Waals surface area (Å²) in [4.78, 5) is 9.35. The molecule has 1 aromatic carbocycles. The van der Waals surface area contributed by atoms with E-state index in [2.05, 4.69) is 26.9 Å². The molecule has 2 heterocycles. The monoisotopic (exact) mass is 301 g/mol. The fraction of sp³-hybridized carbons (Fsp3) is 0.471. The molecule has 0 radical (unpaired) electrons. The molecule has 0 amide bonds. The predicted molar refractivity (Wildman–Crippen MR) is 88.8 cm³/mol. The van der Waals surface area contributed by atoms with Crippen LogP contribution < -0.4 is 9.64 Å². The third-order valence-electron chi connectivity index (χ3n) is 4.25. The van der Waals surface area contributed by atoms with E-state index in [1.807, 2.05) is 19.1 Å². The van der Waals surface area contributed by atoms with Gasteiger partial charge >= 0.3 is 0 Å². The molecule has 2 aromatic rings. The molecular weight excluding hydrogens is 278 g/mol. The fourth-order valence-electron chi connectivity index (χ4n) is 3.06. The molecule has 0 unspecified atom stereocenters. The first-order valence-electron chi connectivity index (χ1n) is 7.75. The second-order valence-electron chi connectivity index (χ2n) is 5.72. The van der Waals surface area contributed by atoms with Crippen LogP contribution in [-0.4, -0.2) is 61.4 Å². The summed E-state index contributed by atoms with van der Waals surface area (Å²) in [7, 11) is 1.68. The molecule has 3 rings (SSSR count). The molecule has 0 saturated carbocycles. The first-order valence-corrected chi connectivity index (χ1v) is 7.75. The minimum atomic E-state index is 0.233. The number of anilines is 1. The molecule has 1 aliphatic heterocycles. The van der Waals surface area contributed by atoms with Crippen molar-refractivity contribution in [3.05, 3.63) is 30.0 Å². The number of pyridine rings is 1. The molecule has 0 spiro atoms. The second-order valence-corrected chi connectivity index (χ2v) is 5.72. The number of fused-ring (bicyclic) bond motifs is 1. The Bertz CT molecular complexity index is 652. The zero-order chi connectivity index (χ0) is 15.5. The van der Waals surface area contributed by atoms with Crippen LogP contribution in [0.2, 0.25) is 0 Å². The number of aliphatic hydroxyl groups excluding tert-OH is 1. The van der Waals surface area contributed by atoms with Gasteiger partial charge in [-0.1, -0.05) is 0 Å². The lowest BCUT2D eigenvalue weighted by molar-refractivity contribution is 0.189. The van der Waals surface area contributed by atoms with Crippen molar-refractivity contribution in [1.29, 1.82) is 0 Å². The summed E-state index contributed by atoms with van der Waals surface area (Å²) >= 11 is 0. The van der Waals surface area contributed by atoms with Crippen molar-refractivity contribution in [2.24, 2.45) is 0 Å². The van der Waals surface area contributed by atoms with Crippen LogP contribution in [-0.2, 0) is 0 Å². The van der Waals surface area contributed by atoms with Crippen LogP contribution in [0.3, 0.4) is 0 Å². The van der Waals surface area contributed by atoms with E-state index in [0.717, 1.165) is 49.7 Å². The average Bonchev–Trinajstić information content (AvgIpc) is 2.54. The third kappa shape index (κ3) is 3.00. The van der Waals surface area contributed by atoms with Gasteiger partial charge < -0.3 is 14.7 Å². The first kappa shape index (κ1) is 15.1. The summed E-state index contributed by atoms with van der Waals surface area (Å²) in [6, 6.07) is 8.24. The van der Waals surface area contributed by atoms with Gasteiger partial charge in [0.1, 0.15) is 5.75 Å². The van der Waals surface area contributed by atoms with Crippen LogP contribution in [0.5, 0.6) is 5.75 Å². The Morgan fingerprint density at radius 2 is 1.95 bits per heavy atom. The molecule has 1 N–H and O–H groups in total. The molecule has 1 aromatic heterocycles. The number of nitrogens with zero attached hydrogens (tertiary/aromatic N) is 3. The van der Waals surface area contributed by atoms with Crippen molar-refractivity contribution in [2.45, 2.75) is 6.92 Å². The Hall–Kier alpha value is -1.85. The number of piperazine rings is 1. The van der Waals surface area contributed by atoms with E-state index in [9.17, 15) is 0 Å². The SMILES string of the molecule is COc1ccc2c(N3CCN(CCO)CC3)cc(C)nc2c1. The van der Waals surface area contributed by atoms with Crippen molar-refractivity contribution in [1.82, 2.24) is 9.88 Å². The Kier molecular flexibility index (Phi) is 4.45. The summed E-state index contributed by atoms with van der Waals surface area (Å²) in [5.74, 6) is 0.837. The molecule has 0 aliphatic carbocycles. The van der Waals surface area contributed by atoms with Gasteiger partial charge in [-0.2, -0.15) is 0 Å². The van der Waals surface area contributed by atoms with E-state index in [-0.39, 0.29) is 6.61 Å². The number of rotatable bonds is 4. The number of ether oxygens (including phenoxy) is 1. The molecule has 118 valence electrons. The van der Waals surface area contributed by atoms with E-state index in [1.165, 1.54) is 11.1 Å². The molecule has 22 heavy (non-hydrogen) atoms. The van der Waals surface area contributed by atoms with Gasteiger partial charge in [0.05, 0.1) is 19.2 Å². The van der Waals surface area contributed by atoms with Gasteiger partial charge in [0.25, 0.3) is 0 Å². The van der Waals surface area contributed by atoms with Crippen molar-refractivity contribution < 1.29 is 9.84 Å². The highest BCUT2D eigenvalue weighted by Crippen LogP contribution is 2.30. The molecule has 0 atom stereocenters. The van der Waals surface area contributed by atoms with E-state index in [0.29, 0.717) is 0 Å². The third-order valence-corrected chi connectivity index (χ3v) is 4.25. The summed E-state index contributed by atoms with van der Waals surface area (Å²) in [5, 5.41) is 10.2. The van der Waals surface area contributed by atoms with E-state index in [4.69, 9.17) is 9.84 Å². The van der Waals surface area contributed by atoms with Crippen LogP contribution in [0.1, 0.15) is 5.69 Å². The lowest BCUT2D eigenvalue weighted by Crippen LogP contribution is -2.47. The topological polar surface area (TPSA) is 48.8 Å². The largest absolute Gasteiger partial charge is 0.497 e. The first-order chi connectivity index (χ1) is 10.7. The van der Waals surface area contributed by atoms with E-state index < -0.39 is 0 Å². The van der Waals surface area contributed by atoms with Crippen molar-refractivity contribution >= 4 is 16.6 Å². The number of aromatic nitrogens is 1. The van der Waals surface area contributed by atoms with Crippen LogP contribution in [0, 0.1) is 6.92 Å². The summed E-state index contributed by atoms with van der Waals surface area (Å²) < 4.78 is 5.30. The normalized spacial score (nSPS) is 16.2. The summed E-state index contributed by atoms with van der Waals surface area (Å²) in [6.07, 6.45) is 0. The molecule has 5 heteroatoms. The van der Waals surface area contributed by atoms with Crippen molar-refractivity contribution in [3.8, 4) is 5.75 Å². The number of hydrogen-bond donors (Lipinski definition) is 1. The van der Waals surface area contributed by atoms with E-state index >= 15 is 0 Å². The minimum Gasteiger partial charge on any atom is -0.497 e. The number of β-amino-alcohol motifs (C(OH)–C–C–N with tert-alkyl or cyclic N) is 1. The Morgan fingerprint density at radius 3 is 2.64 bits per heavy atom. The lowest BCUT2D eigenvalue weighted by Gasteiger charge is -2.36. The Balaban J connectivity index is 1.90. The van der Waals surface area contributed by atoms with Gasteiger partial charge in [0.2, 0.25) is 0 Å². The standard InChI is InChI=1S/C17H23N3O2/c1-13-11-17(20-7-5-19(6-8-20)9-10-21)15-4-3-14(22-2)12-16(15)18-13/h3-4,11-12,21H,5-10H2,1-2H3. The molecule has 1 saturated heterocycles. The highest BCUT2D eigenvalue weighted by atomic mass is 16.5. The number of hydrogen-bond acceptors (Lipinski definition) is 5. The Labute approximate surface area is 131 Å². The zero-order valence-corrected chi connectivity index (χ0v) is 13.2. The Morgan fingerprint density at radius 1 is 1.18 bits per heavy atom. The zero-order valence-electron chi connectivity index (χ0n) is 13.2. The van der Waals surface area contributed by atoms with Gasteiger partial charge in [0, 0.05) is 55.6 Å². The smallest absolute Gasteiger partial charge is 0.121 e. The average molecular weight is 301 g/mol. The fourth-order valence-corrected chi connectivity index (χ4v) is 3.06. The maximum absolute atomic E-state index is 9.05. The summed E-state index contributed by atoms with van der Waals surface area (Å²) in [5.41, 5.74) is 3.24. The highest BCUT2D eigenvalue weighted by Gasteiger charge is 2.19. The molecular formula is C17H23N3O2. The number of methoxy groups -OCH3 is 1. The molecule has 1 fully saturated rings. The van der Waals surface area contributed by atoms with Crippen molar-refractivity contribution in [2.75, 3.05) is 51.3 Å². The van der Waals surface area contributed by atoms with Crippen LogP contribution in [0.4, 0.5) is 5.69 Å². The van der Waals surface area contributed by atoms with Gasteiger partial charge in [-0.15, -0.1) is 0 Å². The molecule has 0 bridgehead atoms.